The molecular weight excluding hydrogens is 448 g/mol. The van der Waals surface area contributed by atoms with E-state index in [1.54, 1.807) is 44.2 Å². The molecule has 0 saturated carbocycles. The molecule has 3 rings (SSSR count). The largest absolute Gasteiger partial charge is 0.383 e. The van der Waals surface area contributed by atoms with Crippen LogP contribution in [0, 0.1) is 31.1 Å². The maximum Gasteiger partial charge on any atom is 0.338 e. The van der Waals surface area contributed by atoms with Gasteiger partial charge in [0.1, 0.15) is 10.7 Å². The Morgan fingerprint density at radius 1 is 0.938 bits per heavy atom. The standard InChI is InChI=1S/C23H22N2O5S2/c1-17-6-4-8-21(14-17)31(26,27)25-12-10-20(11-13-25)23(16-24)19(3)30-32(28,29)22-9-5-7-18(2)15-22/h4-15,20H,1-3H3/b23-19+. The number of benzene rings is 2. The molecule has 2 aromatic carbocycles. The second kappa shape index (κ2) is 9.02. The Hall–Kier alpha value is -3.35. The van der Waals surface area contributed by atoms with E-state index in [1.165, 1.54) is 49.7 Å². The van der Waals surface area contributed by atoms with Crippen molar-refractivity contribution in [3.05, 3.63) is 95.5 Å². The third kappa shape index (κ3) is 4.93. The molecule has 1 heterocycles. The number of nitriles is 1. The summed E-state index contributed by atoms with van der Waals surface area (Å²) in [5.74, 6) is -0.722. The number of nitrogens with zero attached hydrogens (tertiary/aromatic N) is 2. The Morgan fingerprint density at radius 2 is 1.47 bits per heavy atom. The zero-order valence-electron chi connectivity index (χ0n) is 17.8. The maximum atomic E-state index is 12.8. The quantitative estimate of drug-likeness (QED) is 0.357. The normalized spacial score (nSPS) is 15.2. The lowest BCUT2D eigenvalue weighted by Gasteiger charge is -2.22. The van der Waals surface area contributed by atoms with Crippen molar-refractivity contribution in [3.8, 4) is 6.07 Å². The first kappa shape index (κ1) is 23.3. The zero-order valence-corrected chi connectivity index (χ0v) is 19.4. The van der Waals surface area contributed by atoms with Gasteiger partial charge < -0.3 is 4.18 Å². The maximum absolute atomic E-state index is 12.8. The van der Waals surface area contributed by atoms with E-state index in [0.29, 0.717) is 0 Å². The highest BCUT2D eigenvalue weighted by Crippen LogP contribution is 2.27. The molecule has 0 bridgehead atoms. The smallest absolute Gasteiger partial charge is 0.338 e. The Kier molecular flexibility index (Phi) is 6.57. The number of hydrogen-bond donors (Lipinski definition) is 0. The van der Waals surface area contributed by atoms with Crippen molar-refractivity contribution in [1.29, 1.82) is 5.26 Å². The lowest BCUT2D eigenvalue weighted by Crippen LogP contribution is -2.23. The van der Waals surface area contributed by atoms with Gasteiger partial charge in [-0.3, -0.25) is 0 Å². The average molecular weight is 471 g/mol. The highest BCUT2D eigenvalue weighted by molar-refractivity contribution is 7.89. The summed E-state index contributed by atoms with van der Waals surface area (Å²) in [5, 5.41) is 9.61. The molecule has 9 heteroatoms. The Morgan fingerprint density at radius 3 is 2.00 bits per heavy atom. The van der Waals surface area contributed by atoms with Crippen LogP contribution in [0.25, 0.3) is 0 Å². The van der Waals surface area contributed by atoms with Crippen LogP contribution in [-0.2, 0) is 24.3 Å². The molecule has 1 aliphatic rings. The Balaban J connectivity index is 1.84. The molecule has 0 N–H and O–H groups in total. The van der Waals surface area contributed by atoms with Gasteiger partial charge in [-0.15, -0.1) is 0 Å². The van der Waals surface area contributed by atoms with Gasteiger partial charge in [0.25, 0.3) is 10.0 Å². The van der Waals surface area contributed by atoms with Crippen molar-refractivity contribution in [3.63, 3.8) is 0 Å². The molecule has 2 aromatic rings. The summed E-state index contributed by atoms with van der Waals surface area (Å²) in [5.41, 5.74) is 1.62. The molecule has 0 fully saturated rings. The van der Waals surface area contributed by atoms with Crippen LogP contribution in [0.4, 0.5) is 0 Å². The van der Waals surface area contributed by atoms with E-state index in [-0.39, 0.29) is 21.1 Å². The van der Waals surface area contributed by atoms with Crippen molar-refractivity contribution in [1.82, 2.24) is 4.31 Å². The summed E-state index contributed by atoms with van der Waals surface area (Å²) < 4.78 is 57.1. The molecule has 166 valence electrons. The van der Waals surface area contributed by atoms with Crippen molar-refractivity contribution in [2.45, 2.75) is 30.6 Å². The first-order valence-electron chi connectivity index (χ1n) is 9.63. The van der Waals surface area contributed by atoms with Gasteiger partial charge in [0.15, 0.2) is 0 Å². The van der Waals surface area contributed by atoms with Crippen molar-refractivity contribution in [2.24, 2.45) is 5.92 Å². The van der Waals surface area contributed by atoms with E-state index in [1.807, 2.05) is 6.07 Å². The van der Waals surface area contributed by atoms with E-state index in [4.69, 9.17) is 4.18 Å². The fourth-order valence-electron chi connectivity index (χ4n) is 3.14. The van der Waals surface area contributed by atoms with E-state index in [0.717, 1.165) is 15.4 Å². The van der Waals surface area contributed by atoms with Crippen LogP contribution in [-0.4, -0.2) is 21.1 Å². The summed E-state index contributed by atoms with van der Waals surface area (Å²) in [7, 11) is -7.91. The van der Waals surface area contributed by atoms with Gasteiger partial charge in [-0.1, -0.05) is 36.4 Å². The highest BCUT2D eigenvalue weighted by atomic mass is 32.2. The van der Waals surface area contributed by atoms with E-state index < -0.39 is 26.1 Å². The third-order valence-electron chi connectivity index (χ3n) is 4.79. The van der Waals surface area contributed by atoms with Crippen LogP contribution in [0.15, 0.2) is 94.2 Å². The molecule has 0 amide bonds. The average Bonchev–Trinajstić information content (AvgIpc) is 2.74. The Labute approximate surface area is 188 Å². The molecule has 0 radical (unpaired) electrons. The minimum atomic E-state index is -4.11. The van der Waals surface area contributed by atoms with Crippen molar-refractivity contribution in [2.75, 3.05) is 0 Å². The van der Waals surface area contributed by atoms with Crippen LogP contribution in [0.1, 0.15) is 18.1 Å². The Bertz CT molecular complexity index is 1370. The van der Waals surface area contributed by atoms with E-state index >= 15 is 0 Å². The van der Waals surface area contributed by atoms with Crippen LogP contribution in [0.2, 0.25) is 0 Å². The predicted molar refractivity (Wildman–Crippen MR) is 120 cm³/mol. The number of allylic oxidation sites excluding steroid dienone is 4. The third-order valence-corrected chi connectivity index (χ3v) is 7.74. The summed E-state index contributed by atoms with van der Waals surface area (Å²) >= 11 is 0. The number of sulfonamides is 1. The van der Waals surface area contributed by atoms with Gasteiger partial charge in [-0.2, -0.15) is 13.7 Å². The molecule has 0 unspecified atom stereocenters. The van der Waals surface area contributed by atoms with Gasteiger partial charge in [0, 0.05) is 18.3 Å². The number of aryl methyl sites for hydroxylation is 2. The predicted octanol–water partition coefficient (Wildman–Crippen LogP) is 4.15. The minimum absolute atomic E-state index is 0.0145. The number of hydrogen-bond acceptors (Lipinski definition) is 6. The molecule has 1 aliphatic heterocycles. The molecule has 0 saturated heterocycles. The van der Waals surface area contributed by atoms with Crippen molar-refractivity contribution < 1.29 is 21.0 Å². The molecule has 0 aliphatic carbocycles. The first-order chi connectivity index (χ1) is 15.0. The SMILES string of the molecule is C/C(OS(=O)(=O)c1cccc(C)c1)=C(/C#N)C1C=CN(S(=O)(=O)c2cccc(C)c2)C=C1. The first-order valence-corrected chi connectivity index (χ1v) is 12.5. The molecule has 0 atom stereocenters. The fourth-order valence-corrected chi connectivity index (χ4v) is 5.52. The van der Waals surface area contributed by atoms with Gasteiger partial charge in [-0.05, 0) is 56.2 Å². The minimum Gasteiger partial charge on any atom is -0.383 e. The summed E-state index contributed by atoms with van der Waals surface area (Å²) in [4.78, 5) is 0.129. The van der Waals surface area contributed by atoms with Crippen LogP contribution >= 0.6 is 0 Å². The van der Waals surface area contributed by atoms with E-state index in [2.05, 4.69) is 0 Å². The molecule has 0 aromatic heterocycles. The van der Waals surface area contributed by atoms with Gasteiger partial charge >= 0.3 is 10.1 Å². The molecule has 0 spiro atoms. The van der Waals surface area contributed by atoms with Crippen LogP contribution in [0.3, 0.4) is 0 Å². The molecular formula is C23H22N2O5S2. The summed E-state index contributed by atoms with van der Waals surface area (Å²) in [6, 6.07) is 14.8. The second-order valence-electron chi connectivity index (χ2n) is 7.30. The zero-order chi connectivity index (χ0) is 23.5. The lowest BCUT2D eigenvalue weighted by molar-refractivity contribution is 0.402. The van der Waals surface area contributed by atoms with Gasteiger partial charge in [0.05, 0.1) is 16.5 Å². The van der Waals surface area contributed by atoms with Gasteiger partial charge in [0.2, 0.25) is 0 Å². The fraction of sp³-hybridized carbons (Fsp3) is 0.174. The van der Waals surface area contributed by atoms with Crippen LogP contribution in [0.5, 0.6) is 0 Å². The topological polar surface area (TPSA) is 105 Å². The molecule has 32 heavy (non-hydrogen) atoms. The van der Waals surface area contributed by atoms with Gasteiger partial charge in [-0.25, -0.2) is 12.7 Å². The van der Waals surface area contributed by atoms with Crippen LogP contribution < -0.4 is 0 Å². The summed E-state index contributed by atoms with van der Waals surface area (Å²) in [6.07, 6.45) is 5.67. The summed E-state index contributed by atoms with van der Waals surface area (Å²) in [6.45, 7) is 4.95. The van der Waals surface area contributed by atoms with E-state index in [9.17, 15) is 22.1 Å². The number of rotatable bonds is 6. The second-order valence-corrected chi connectivity index (χ2v) is 10.7. The molecule has 7 nitrogen and oxygen atoms in total. The monoisotopic (exact) mass is 470 g/mol. The lowest BCUT2D eigenvalue weighted by atomic mass is 9.98. The highest BCUT2D eigenvalue weighted by Gasteiger charge is 2.25. The van der Waals surface area contributed by atoms with Crippen molar-refractivity contribution >= 4 is 20.1 Å².